The van der Waals surface area contributed by atoms with Crippen LogP contribution in [0.5, 0.6) is 5.75 Å². The van der Waals surface area contributed by atoms with Crippen LogP contribution in [-0.2, 0) is 4.74 Å². The van der Waals surface area contributed by atoms with Crippen molar-refractivity contribution >= 4 is 23.0 Å². The van der Waals surface area contributed by atoms with Crippen LogP contribution in [-0.4, -0.2) is 42.4 Å². The number of anilines is 1. The molecule has 0 aromatic heterocycles. The van der Waals surface area contributed by atoms with E-state index in [9.17, 15) is 0 Å². The Balaban J connectivity index is 2.04. The van der Waals surface area contributed by atoms with E-state index in [0.29, 0.717) is 5.11 Å². The van der Waals surface area contributed by atoms with Crippen molar-refractivity contribution in [1.29, 1.82) is 0 Å². The van der Waals surface area contributed by atoms with E-state index in [1.807, 2.05) is 24.3 Å². The largest absolute Gasteiger partial charge is 0.495 e. The Morgan fingerprint density at radius 2 is 1.95 bits per heavy atom. The fourth-order valence-corrected chi connectivity index (χ4v) is 2.54. The number of para-hydroxylation sites is 2. The van der Waals surface area contributed by atoms with Gasteiger partial charge in [-0.1, -0.05) is 12.1 Å². The van der Waals surface area contributed by atoms with Crippen LogP contribution in [0.1, 0.15) is 13.8 Å². The van der Waals surface area contributed by atoms with Gasteiger partial charge in [-0.05, 0) is 38.2 Å². The molecule has 1 N–H and O–H groups in total. The number of methoxy groups -OCH3 is 1. The molecule has 0 unspecified atom stereocenters. The molecule has 1 saturated heterocycles. The summed E-state index contributed by atoms with van der Waals surface area (Å²) in [6, 6.07) is 7.76. The molecule has 4 nitrogen and oxygen atoms in total. The summed E-state index contributed by atoms with van der Waals surface area (Å²) in [6.45, 7) is 5.75. The second kappa shape index (κ2) is 6.21. The van der Waals surface area contributed by atoms with Crippen molar-refractivity contribution in [3.63, 3.8) is 0 Å². The molecule has 0 radical (unpaired) electrons. The molecule has 1 aliphatic rings. The Hall–Kier alpha value is -1.33. The minimum Gasteiger partial charge on any atom is -0.495 e. The van der Waals surface area contributed by atoms with E-state index in [-0.39, 0.29) is 12.2 Å². The Bertz CT molecular complexity index is 443. The first-order valence-electron chi connectivity index (χ1n) is 6.44. The number of nitrogens with zero attached hydrogens (tertiary/aromatic N) is 1. The highest BCUT2D eigenvalue weighted by Crippen LogP contribution is 2.24. The molecule has 19 heavy (non-hydrogen) atoms. The Labute approximate surface area is 119 Å². The Morgan fingerprint density at radius 1 is 1.32 bits per heavy atom. The SMILES string of the molecule is COc1ccccc1NC(=S)N1C[C@H](C)O[C@@H](C)C1. The normalized spacial score (nSPS) is 23.0. The molecule has 0 amide bonds. The predicted molar refractivity (Wildman–Crippen MR) is 80.8 cm³/mol. The highest BCUT2D eigenvalue weighted by Gasteiger charge is 2.24. The highest BCUT2D eigenvalue weighted by molar-refractivity contribution is 7.80. The zero-order valence-electron chi connectivity index (χ0n) is 11.6. The number of rotatable bonds is 2. The first-order chi connectivity index (χ1) is 9.10. The molecule has 1 heterocycles. The van der Waals surface area contributed by atoms with Gasteiger partial charge in [0.15, 0.2) is 5.11 Å². The van der Waals surface area contributed by atoms with E-state index in [2.05, 4.69) is 24.1 Å². The summed E-state index contributed by atoms with van der Waals surface area (Å²) in [5.41, 5.74) is 0.891. The summed E-state index contributed by atoms with van der Waals surface area (Å²) < 4.78 is 11.0. The van der Waals surface area contributed by atoms with Crippen molar-refractivity contribution in [1.82, 2.24) is 4.90 Å². The molecule has 1 aromatic carbocycles. The molecule has 0 saturated carbocycles. The Morgan fingerprint density at radius 3 is 2.58 bits per heavy atom. The van der Waals surface area contributed by atoms with Gasteiger partial charge in [0, 0.05) is 13.1 Å². The molecule has 104 valence electrons. The van der Waals surface area contributed by atoms with E-state index < -0.39 is 0 Å². The van der Waals surface area contributed by atoms with Gasteiger partial charge < -0.3 is 19.7 Å². The summed E-state index contributed by atoms with van der Waals surface area (Å²) in [5, 5.41) is 3.96. The summed E-state index contributed by atoms with van der Waals surface area (Å²) in [7, 11) is 1.66. The number of benzene rings is 1. The Kier molecular flexibility index (Phi) is 4.61. The smallest absolute Gasteiger partial charge is 0.173 e. The van der Waals surface area contributed by atoms with Crippen LogP contribution < -0.4 is 10.1 Å². The molecule has 0 aliphatic carbocycles. The molecule has 2 rings (SSSR count). The van der Waals surface area contributed by atoms with Gasteiger partial charge in [0.2, 0.25) is 0 Å². The maximum absolute atomic E-state index is 5.71. The average Bonchev–Trinajstić information content (AvgIpc) is 2.38. The zero-order chi connectivity index (χ0) is 13.8. The minimum atomic E-state index is 0.196. The first kappa shape index (κ1) is 14.1. The van der Waals surface area contributed by atoms with Crippen molar-refractivity contribution in [3.8, 4) is 5.75 Å². The van der Waals surface area contributed by atoms with Crippen LogP contribution in [0.15, 0.2) is 24.3 Å². The maximum Gasteiger partial charge on any atom is 0.173 e. The lowest BCUT2D eigenvalue weighted by Crippen LogP contribution is -2.49. The molecule has 0 spiro atoms. The number of morpholine rings is 1. The van der Waals surface area contributed by atoms with Crippen molar-refractivity contribution in [3.05, 3.63) is 24.3 Å². The molecular formula is C14H20N2O2S. The van der Waals surface area contributed by atoms with E-state index in [1.54, 1.807) is 7.11 Å². The third-order valence-corrected chi connectivity index (χ3v) is 3.42. The van der Waals surface area contributed by atoms with Crippen molar-refractivity contribution in [2.45, 2.75) is 26.1 Å². The molecule has 5 heteroatoms. The van der Waals surface area contributed by atoms with Crippen LogP contribution in [0, 0.1) is 0 Å². The molecule has 2 atom stereocenters. The van der Waals surface area contributed by atoms with Crippen LogP contribution in [0.4, 0.5) is 5.69 Å². The van der Waals surface area contributed by atoms with Crippen molar-refractivity contribution in [2.75, 3.05) is 25.5 Å². The van der Waals surface area contributed by atoms with E-state index in [4.69, 9.17) is 21.7 Å². The highest BCUT2D eigenvalue weighted by atomic mass is 32.1. The minimum absolute atomic E-state index is 0.196. The lowest BCUT2D eigenvalue weighted by Gasteiger charge is -2.37. The average molecular weight is 280 g/mol. The van der Waals surface area contributed by atoms with Crippen LogP contribution in [0.3, 0.4) is 0 Å². The van der Waals surface area contributed by atoms with E-state index in [0.717, 1.165) is 24.5 Å². The van der Waals surface area contributed by atoms with Gasteiger partial charge in [0.25, 0.3) is 0 Å². The zero-order valence-corrected chi connectivity index (χ0v) is 12.4. The maximum atomic E-state index is 5.71. The van der Waals surface area contributed by atoms with Gasteiger partial charge in [-0.3, -0.25) is 0 Å². The van der Waals surface area contributed by atoms with Gasteiger partial charge in [0.1, 0.15) is 5.75 Å². The van der Waals surface area contributed by atoms with Gasteiger partial charge in [-0.2, -0.15) is 0 Å². The lowest BCUT2D eigenvalue weighted by atomic mass is 10.2. The van der Waals surface area contributed by atoms with Crippen molar-refractivity contribution in [2.24, 2.45) is 0 Å². The van der Waals surface area contributed by atoms with E-state index in [1.165, 1.54) is 0 Å². The molecule has 1 fully saturated rings. The fourth-order valence-electron chi connectivity index (χ4n) is 2.29. The van der Waals surface area contributed by atoms with Gasteiger partial charge in [-0.25, -0.2) is 0 Å². The van der Waals surface area contributed by atoms with Crippen molar-refractivity contribution < 1.29 is 9.47 Å². The summed E-state index contributed by atoms with van der Waals surface area (Å²) >= 11 is 5.47. The summed E-state index contributed by atoms with van der Waals surface area (Å²) in [6.07, 6.45) is 0.391. The number of nitrogens with one attached hydrogen (secondary N) is 1. The molecular weight excluding hydrogens is 260 g/mol. The second-order valence-corrected chi connectivity index (χ2v) is 5.18. The van der Waals surface area contributed by atoms with Crippen LogP contribution in [0.25, 0.3) is 0 Å². The van der Waals surface area contributed by atoms with Gasteiger partial charge in [-0.15, -0.1) is 0 Å². The third-order valence-electron chi connectivity index (χ3n) is 3.06. The fraction of sp³-hybridized carbons (Fsp3) is 0.500. The molecule has 0 bridgehead atoms. The number of ether oxygens (including phenoxy) is 2. The lowest BCUT2D eigenvalue weighted by molar-refractivity contribution is -0.0473. The predicted octanol–water partition coefficient (Wildman–Crippen LogP) is 2.50. The van der Waals surface area contributed by atoms with Gasteiger partial charge >= 0.3 is 0 Å². The number of hydrogen-bond acceptors (Lipinski definition) is 3. The standard InChI is InChI=1S/C14H20N2O2S/c1-10-8-16(9-11(2)18-10)14(19)15-12-6-4-5-7-13(12)17-3/h4-7,10-11H,8-9H2,1-3H3,(H,15,19)/t10-,11-/m0/s1. The third kappa shape index (κ3) is 3.58. The number of thiocarbonyl (C=S) groups is 1. The second-order valence-electron chi connectivity index (χ2n) is 4.79. The van der Waals surface area contributed by atoms with Crippen LogP contribution in [0.2, 0.25) is 0 Å². The first-order valence-corrected chi connectivity index (χ1v) is 6.85. The van der Waals surface area contributed by atoms with Gasteiger partial charge in [0.05, 0.1) is 25.0 Å². The number of hydrogen-bond donors (Lipinski definition) is 1. The topological polar surface area (TPSA) is 33.7 Å². The molecule has 1 aromatic rings. The quantitative estimate of drug-likeness (QED) is 0.842. The van der Waals surface area contributed by atoms with Crippen LogP contribution >= 0.6 is 12.2 Å². The van der Waals surface area contributed by atoms with E-state index >= 15 is 0 Å². The molecule has 1 aliphatic heterocycles. The monoisotopic (exact) mass is 280 g/mol. The summed E-state index contributed by atoms with van der Waals surface area (Å²) in [4.78, 5) is 2.14. The summed E-state index contributed by atoms with van der Waals surface area (Å²) in [5.74, 6) is 0.791.